The molecule has 8 aromatic rings. The molecule has 9 rings (SSSR count). The van der Waals surface area contributed by atoms with Crippen molar-refractivity contribution in [2.75, 3.05) is 0 Å². The predicted molar refractivity (Wildman–Crippen MR) is 183 cm³/mol. The van der Waals surface area contributed by atoms with Crippen molar-refractivity contribution in [1.29, 1.82) is 0 Å². The molecule has 0 saturated heterocycles. The lowest BCUT2D eigenvalue weighted by Gasteiger charge is -2.35. The smallest absolute Gasteiger partial charge is 0.0616 e. The van der Waals surface area contributed by atoms with E-state index >= 15 is 0 Å². The Bertz CT molecular complexity index is 2340. The van der Waals surface area contributed by atoms with E-state index in [1.165, 1.54) is 87.6 Å². The van der Waals surface area contributed by atoms with Crippen molar-refractivity contribution in [3.63, 3.8) is 0 Å². The summed E-state index contributed by atoms with van der Waals surface area (Å²) in [5, 5.41) is 10.2. The van der Waals surface area contributed by atoms with Crippen LogP contribution in [-0.2, 0) is 5.41 Å². The molecule has 0 N–H and O–H groups in total. The first kappa shape index (κ1) is 24.4. The van der Waals surface area contributed by atoms with E-state index in [1.54, 1.807) is 0 Å². The third kappa shape index (κ3) is 3.44. The molecule has 0 spiro atoms. The van der Waals surface area contributed by atoms with E-state index in [9.17, 15) is 0 Å². The van der Waals surface area contributed by atoms with E-state index in [-0.39, 0.29) is 0 Å². The van der Waals surface area contributed by atoms with E-state index in [0.29, 0.717) is 0 Å². The molecule has 0 amide bonds. The summed E-state index contributed by atoms with van der Waals surface area (Å²) >= 11 is 0. The highest BCUT2D eigenvalue weighted by molar-refractivity contribution is 6.04. The number of aryl methyl sites for hydroxylation is 2. The van der Waals surface area contributed by atoms with Gasteiger partial charge in [-0.3, -0.25) is 0 Å². The zero-order valence-electron chi connectivity index (χ0n) is 24.4. The van der Waals surface area contributed by atoms with Gasteiger partial charge in [0.2, 0.25) is 0 Å². The van der Waals surface area contributed by atoms with Gasteiger partial charge >= 0.3 is 0 Å². The van der Waals surface area contributed by atoms with Gasteiger partial charge in [-0.1, -0.05) is 132 Å². The lowest BCUT2D eigenvalue weighted by molar-refractivity contribution is 0.779. The molecule has 0 nitrogen and oxygen atoms in total. The Labute approximate surface area is 251 Å². The number of benzene rings is 8. The van der Waals surface area contributed by atoms with Crippen molar-refractivity contribution in [2.24, 2.45) is 0 Å². The maximum atomic E-state index is 2.47. The first-order valence-electron chi connectivity index (χ1n) is 15.2. The molecule has 202 valence electrons. The number of hydrogen-bond donors (Lipinski definition) is 0. The molecule has 0 aromatic heterocycles. The molecule has 0 fully saturated rings. The normalized spacial score (nSPS) is 13.5. The average Bonchev–Trinajstić information content (AvgIpc) is 3.33. The molecule has 1 aliphatic rings. The van der Waals surface area contributed by atoms with Gasteiger partial charge < -0.3 is 0 Å². The quantitative estimate of drug-likeness (QED) is 0.202. The standard InChI is InChI=1S/C43H30/c1-27-11-13-34-23-36(18-15-32(34)21-27)43(37-19-16-33-22-28(2)12-14-35(33)24-37)41-26-31-9-4-3-8-30(31)25-40(41)39-20-17-29-7-5-6-10-38(29)42(39)43/h3-26H,1-2H3. The Balaban J connectivity index is 1.51. The van der Waals surface area contributed by atoms with Gasteiger partial charge in [0.05, 0.1) is 5.41 Å². The van der Waals surface area contributed by atoms with Gasteiger partial charge in [-0.05, 0) is 115 Å². The predicted octanol–water partition coefficient (Wildman–Crippen LogP) is 11.3. The minimum absolute atomic E-state index is 0.492. The van der Waals surface area contributed by atoms with Crippen LogP contribution in [0, 0.1) is 13.8 Å². The summed E-state index contributed by atoms with van der Waals surface area (Å²) in [6.45, 7) is 4.35. The van der Waals surface area contributed by atoms with E-state index in [0.717, 1.165) is 0 Å². The highest BCUT2D eigenvalue weighted by Crippen LogP contribution is 2.59. The zero-order valence-corrected chi connectivity index (χ0v) is 24.4. The van der Waals surface area contributed by atoms with Crippen LogP contribution in [0.5, 0.6) is 0 Å². The number of fused-ring (bicyclic) bond motifs is 8. The van der Waals surface area contributed by atoms with Gasteiger partial charge in [-0.15, -0.1) is 0 Å². The summed E-state index contributed by atoms with van der Waals surface area (Å²) in [4.78, 5) is 0. The summed E-state index contributed by atoms with van der Waals surface area (Å²) in [5.41, 5.74) is 10.1. The van der Waals surface area contributed by atoms with Gasteiger partial charge in [-0.2, -0.15) is 0 Å². The maximum absolute atomic E-state index is 2.47. The highest BCUT2D eigenvalue weighted by Gasteiger charge is 2.47. The topological polar surface area (TPSA) is 0 Å². The average molecular weight is 547 g/mol. The number of hydrogen-bond acceptors (Lipinski definition) is 0. The molecule has 8 aromatic carbocycles. The van der Waals surface area contributed by atoms with Crippen LogP contribution in [0.4, 0.5) is 0 Å². The van der Waals surface area contributed by atoms with Crippen LogP contribution in [-0.4, -0.2) is 0 Å². The fourth-order valence-electron chi connectivity index (χ4n) is 7.77. The van der Waals surface area contributed by atoms with E-state index in [2.05, 4.69) is 159 Å². The molecule has 0 atom stereocenters. The van der Waals surface area contributed by atoms with Crippen molar-refractivity contribution in [2.45, 2.75) is 19.3 Å². The first-order chi connectivity index (χ1) is 21.1. The fraction of sp³-hybridized carbons (Fsp3) is 0.0698. The summed E-state index contributed by atoms with van der Waals surface area (Å²) in [7, 11) is 0. The minimum Gasteiger partial charge on any atom is -0.0616 e. The summed E-state index contributed by atoms with van der Waals surface area (Å²) in [6.07, 6.45) is 0. The zero-order chi connectivity index (χ0) is 28.7. The van der Waals surface area contributed by atoms with Crippen molar-refractivity contribution in [3.05, 3.63) is 179 Å². The molecule has 0 heterocycles. The minimum atomic E-state index is -0.492. The van der Waals surface area contributed by atoms with E-state index in [1.807, 2.05) is 0 Å². The third-order valence-electron chi connectivity index (χ3n) is 9.74. The highest BCUT2D eigenvalue weighted by atomic mass is 14.5. The molecule has 0 unspecified atom stereocenters. The van der Waals surface area contributed by atoms with Crippen LogP contribution in [0.2, 0.25) is 0 Å². The number of rotatable bonds is 2. The molecule has 0 heteroatoms. The molecule has 0 saturated carbocycles. The molecular weight excluding hydrogens is 516 g/mol. The van der Waals surface area contributed by atoms with Crippen LogP contribution in [0.1, 0.15) is 33.4 Å². The van der Waals surface area contributed by atoms with Gasteiger partial charge in [0.15, 0.2) is 0 Å². The Hall–Kier alpha value is -5.20. The van der Waals surface area contributed by atoms with Crippen LogP contribution < -0.4 is 0 Å². The molecule has 1 aliphatic carbocycles. The summed E-state index contributed by atoms with van der Waals surface area (Å²) < 4.78 is 0. The second kappa shape index (κ2) is 8.90. The third-order valence-corrected chi connectivity index (χ3v) is 9.74. The lowest BCUT2D eigenvalue weighted by atomic mass is 9.66. The Kier molecular flexibility index (Phi) is 5.05. The monoisotopic (exact) mass is 546 g/mol. The van der Waals surface area contributed by atoms with Gasteiger partial charge in [0.25, 0.3) is 0 Å². The first-order valence-corrected chi connectivity index (χ1v) is 15.2. The van der Waals surface area contributed by atoms with Gasteiger partial charge in [-0.25, -0.2) is 0 Å². The van der Waals surface area contributed by atoms with Crippen molar-refractivity contribution < 1.29 is 0 Å². The largest absolute Gasteiger partial charge is 0.0720 e. The summed E-state index contributed by atoms with van der Waals surface area (Å²) in [5.74, 6) is 0. The Morgan fingerprint density at radius 3 is 1.51 bits per heavy atom. The van der Waals surface area contributed by atoms with Gasteiger partial charge in [0.1, 0.15) is 0 Å². The molecular formula is C43H30. The van der Waals surface area contributed by atoms with Crippen molar-refractivity contribution >= 4 is 43.1 Å². The van der Waals surface area contributed by atoms with E-state index < -0.39 is 5.41 Å². The molecule has 0 radical (unpaired) electrons. The maximum Gasteiger partial charge on any atom is 0.0720 e. The van der Waals surface area contributed by atoms with Crippen molar-refractivity contribution in [1.82, 2.24) is 0 Å². The lowest BCUT2D eigenvalue weighted by Crippen LogP contribution is -2.29. The molecule has 43 heavy (non-hydrogen) atoms. The second-order valence-corrected chi connectivity index (χ2v) is 12.3. The van der Waals surface area contributed by atoms with Crippen LogP contribution in [0.15, 0.2) is 146 Å². The summed E-state index contributed by atoms with van der Waals surface area (Å²) in [6, 6.07) is 55.2. The van der Waals surface area contributed by atoms with Crippen LogP contribution >= 0.6 is 0 Å². The Morgan fingerprint density at radius 1 is 0.372 bits per heavy atom. The van der Waals surface area contributed by atoms with E-state index in [4.69, 9.17) is 0 Å². The fourth-order valence-corrected chi connectivity index (χ4v) is 7.77. The van der Waals surface area contributed by atoms with Crippen molar-refractivity contribution in [3.8, 4) is 11.1 Å². The Morgan fingerprint density at radius 2 is 0.860 bits per heavy atom. The second-order valence-electron chi connectivity index (χ2n) is 12.3. The van der Waals surface area contributed by atoms with Crippen LogP contribution in [0.25, 0.3) is 54.2 Å². The van der Waals surface area contributed by atoms with Gasteiger partial charge in [0, 0.05) is 0 Å². The van der Waals surface area contributed by atoms with Crippen LogP contribution in [0.3, 0.4) is 0 Å². The molecule has 0 aliphatic heterocycles. The molecule has 0 bridgehead atoms. The SMILES string of the molecule is Cc1ccc2cc(C3(c4ccc5cc(C)ccc5c4)c4cc5ccccc5cc4-c4ccc5ccccc5c43)ccc2c1.